The fourth-order valence-electron chi connectivity index (χ4n) is 2.32. The van der Waals surface area contributed by atoms with Gasteiger partial charge in [0.05, 0.1) is 0 Å². The van der Waals surface area contributed by atoms with Gasteiger partial charge in [0.1, 0.15) is 0 Å². The van der Waals surface area contributed by atoms with E-state index in [1.807, 2.05) is 11.8 Å². The van der Waals surface area contributed by atoms with E-state index in [2.05, 4.69) is 70.3 Å². The van der Waals surface area contributed by atoms with Crippen molar-refractivity contribution in [3.8, 4) is 0 Å². The largest absolute Gasteiger partial charge is 0.312 e. The van der Waals surface area contributed by atoms with Crippen LogP contribution in [0, 0.1) is 5.41 Å². The summed E-state index contributed by atoms with van der Waals surface area (Å²) in [5.41, 5.74) is 0.616. The molecule has 0 amide bonds. The number of benzene rings is 1. The highest BCUT2D eigenvalue weighted by Gasteiger charge is 2.24. The third-order valence-corrected chi connectivity index (χ3v) is 4.63. The van der Waals surface area contributed by atoms with Crippen molar-refractivity contribution >= 4 is 11.8 Å². The van der Waals surface area contributed by atoms with Crippen molar-refractivity contribution < 1.29 is 0 Å². The first-order chi connectivity index (χ1) is 9.35. The van der Waals surface area contributed by atoms with Gasteiger partial charge in [-0.15, -0.1) is 11.8 Å². The van der Waals surface area contributed by atoms with Crippen LogP contribution in [0.4, 0.5) is 0 Å². The first-order valence-corrected chi connectivity index (χ1v) is 8.76. The Morgan fingerprint density at radius 3 is 2.20 bits per heavy atom. The highest BCUT2D eigenvalue weighted by atomic mass is 32.2. The lowest BCUT2D eigenvalue weighted by atomic mass is 9.82. The molecule has 0 aliphatic rings. The molecule has 1 unspecified atom stereocenters. The second-order valence-corrected chi connectivity index (χ2v) is 8.24. The van der Waals surface area contributed by atoms with Crippen LogP contribution < -0.4 is 5.32 Å². The SMILES string of the molecule is CCCC(C)(CCSc1ccccc1)CNC(C)(C)C. The molecule has 0 heterocycles. The molecular weight excluding hydrogens is 262 g/mol. The van der Waals surface area contributed by atoms with Crippen molar-refractivity contribution in [2.75, 3.05) is 12.3 Å². The predicted molar refractivity (Wildman–Crippen MR) is 92.6 cm³/mol. The molecule has 0 spiro atoms. The molecular formula is C18H31NS. The van der Waals surface area contributed by atoms with Crippen LogP contribution in [-0.4, -0.2) is 17.8 Å². The minimum atomic E-state index is 0.210. The molecule has 0 aliphatic heterocycles. The molecule has 0 aliphatic carbocycles. The molecule has 20 heavy (non-hydrogen) atoms. The van der Waals surface area contributed by atoms with Crippen LogP contribution in [0.2, 0.25) is 0 Å². The van der Waals surface area contributed by atoms with E-state index in [0.29, 0.717) is 5.41 Å². The minimum Gasteiger partial charge on any atom is -0.312 e. The lowest BCUT2D eigenvalue weighted by molar-refractivity contribution is 0.239. The van der Waals surface area contributed by atoms with Crippen molar-refractivity contribution in [1.29, 1.82) is 0 Å². The summed E-state index contributed by atoms with van der Waals surface area (Å²) >= 11 is 1.98. The lowest BCUT2D eigenvalue weighted by Gasteiger charge is -2.33. The summed E-state index contributed by atoms with van der Waals surface area (Å²) in [7, 11) is 0. The van der Waals surface area contributed by atoms with Gasteiger partial charge in [0, 0.05) is 17.0 Å². The van der Waals surface area contributed by atoms with Crippen molar-refractivity contribution in [2.24, 2.45) is 5.41 Å². The Bertz CT molecular complexity index is 369. The van der Waals surface area contributed by atoms with Gasteiger partial charge < -0.3 is 5.32 Å². The van der Waals surface area contributed by atoms with Crippen molar-refractivity contribution in [1.82, 2.24) is 5.32 Å². The van der Waals surface area contributed by atoms with Crippen LogP contribution in [0.3, 0.4) is 0 Å². The summed E-state index contributed by atoms with van der Waals surface area (Å²) < 4.78 is 0. The summed E-state index contributed by atoms with van der Waals surface area (Å²) in [4.78, 5) is 1.38. The Morgan fingerprint density at radius 2 is 1.65 bits per heavy atom. The standard InChI is InChI=1S/C18H31NS/c1-6-12-18(5,15-19-17(2,3)4)13-14-20-16-10-8-7-9-11-16/h7-11,19H,6,12-15H2,1-5H3. The van der Waals surface area contributed by atoms with E-state index in [1.54, 1.807) is 0 Å². The predicted octanol–water partition coefficient (Wildman–Crippen LogP) is 5.36. The van der Waals surface area contributed by atoms with Crippen LogP contribution in [0.25, 0.3) is 0 Å². The fraction of sp³-hybridized carbons (Fsp3) is 0.667. The van der Waals surface area contributed by atoms with Gasteiger partial charge >= 0.3 is 0 Å². The zero-order valence-corrected chi connectivity index (χ0v) is 14.6. The van der Waals surface area contributed by atoms with Gasteiger partial charge in [0.2, 0.25) is 0 Å². The molecule has 1 atom stereocenters. The van der Waals surface area contributed by atoms with Crippen LogP contribution in [0.1, 0.15) is 53.9 Å². The zero-order valence-electron chi connectivity index (χ0n) is 13.8. The van der Waals surface area contributed by atoms with Crippen LogP contribution in [0.15, 0.2) is 35.2 Å². The third-order valence-electron chi connectivity index (χ3n) is 3.62. The summed E-state index contributed by atoms with van der Waals surface area (Å²) in [6, 6.07) is 10.7. The molecule has 0 saturated carbocycles. The Hall–Kier alpha value is -0.470. The van der Waals surface area contributed by atoms with Gasteiger partial charge in [-0.1, -0.05) is 38.5 Å². The minimum absolute atomic E-state index is 0.210. The maximum absolute atomic E-state index is 3.69. The Balaban J connectivity index is 2.45. The highest BCUT2D eigenvalue weighted by molar-refractivity contribution is 7.99. The van der Waals surface area contributed by atoms with E-state index < -0.39 is 0 Å². The summed E-state index contributed by atoms with van der Waals surface area (Å²) in [5.74, 6) is 1.20. The van der Waals surface area contributed by atoms with Gasteiger partial charge in [-0.2, -0.15) is 0 Å². The van der Waals surface area contributed by atoms with E-state index in [1.165, 1.54) is 29.9 Å². The number of thioether (sulfide) groups is 1. The second kappa shape index (κ2) is 8.09. The zero-order chi connectivity index (χ0) is 15.1. The van der Waals surface area contributed by atoms with Crippen LogP contribution >= 0.6 is 11.8 Å². The Labute approximate surface area is 129 Å². The maximum Gasteiger partial charge on any atom is 0.00967 e. The molecule has 1 aromatic rings. The third kappa shape index (κ3) is 7.35. The Morgan fingerprint density at radius 1 is 1.00 bits per heavy atom. The Kier molecular flexibility index (Phi) is 7.11. The van der Waals surface area contributed by atoms with Gasteiger partial charge in [-0.05, 0) is 56.9 Å². The molecule has 0 fully saturated rings. The van der Waals surface area contributed by atoms with E-state index in [9.17, 15) is 0 Å². The quantitative estimate of drug-likeness (QED) is 0.647. The van der Waals surface area contributed by atoms with E-state index >= 15 is 0 Å². The first-order valence-electron chi connectivity index (χ1n) is 7.77. The normalized spacial score (nSPS) is 15.1. The van der Waals surface area contributed by atoms with E-state index in [0.717, 1.165) is 6.54 Å². The lowest BCUT2D eigenvalue weighted by Crippen LogP contribution is -2.43. The maximum atomic E-state index is 3.69. The smallest absolute Gasteiger partial charge is 0.00967 e. The van der Waals surface area contributed by atoms with E-state index in [4.69, 9.17) is 0 Å². The summed E-state index contributed by atoms with van der Waals surface area (Å²) in [6.45, 7) is 12.6. The van der Waals surface area contributed by atoms with E-state index in [-0.39, 0.29) is 5.54 Å². The molecule has 114 valence electrons. The number of rotatable bonds is 8. The summed E-state index contributed by atoms with van der Waals surface area (Å²) in [6.07, 6.45) is 3.83. The average molecular weight is 294 g/mol. The molecule has 1 rings (SSSR count). The van der Waals surface area contributed by atoms with Crippen molar-refractivity contribution in [3.05, 3.63) is 30.3 Å². The van der Waals surface area contributed by atoms with Gasteiger partial charge in [-0.3, -0.25) is 0 Å². The monoisotopic (exact) mass is 293 g/mol. The van der Waals surface area contributed by atoms with Gasteiger partial charge in [-0.25, -0.2) is 0 Å². The summed E-state index contributed by atoms with van der Waals surface area (Å²) in [5, 5.41) is 3.69. The second-order valence-electron chi connectivity index (χ2n) is 7.08. The molecule has 2 heteroatoms. The van der Waals surface area contributed by atoms with Gasteiger partial charge in [0.15, 0.2) is 0 Å². The molecule has 1 nitrogen and oxygen atoms in total. The number of hydrogen-bond donors (Lipinski definition) is 1. The number of nitrogens with one attached hydrogen (secondary N) is 1. The van der Waals surface area contributed by atoms with Crippen LogP contribution in [-0.2, 0) is 0 Å². The topological polar surface area (TPSA) is 12.0 Å². The fourth-order valence-corrected chi connectivity index (χ4v) is 3.50. The molecule has 0 bridgehead atoms. The number of hydrogen-bond acceptors (Lipinski definition) is 2. The van der Waals surface area contributed by atoms with Crippen molar-refractivity contribution in [3.63, 3.8) is 0 Å². The average Bonchev–Trinajstić information content (AvgIpc) is 2.37. The molecule has 0 radical (unpaired) electrons. The van der Waals surface area contributed by atoms with Crippen molar-refractivity contribution in [2.45, 2.75) is 64.3 Å². The molecule has 0 aromatic heterocycles. The molecule has 0 saturated heterocycles. The highest BCUT2D eigenvalue weighted by Crippen LogP contribution is 2.31. The molecule has 1 N–H and O–H groups in total. The van der Waals surface area contributed by atoms with Crippen LogP contribution in [0.5, 0.6) is 0 Å². The first kappa shape index (κ1) is 17.6. The van der Waals surface area contributed by atoms with Gasteiger partial charge in [0.25, 0.3) is 0 Å². The molecule has 1 aromatic carbocycles.